The van der Waals surface area contributed by atoms with E-state index >= 15 is 0 Å². The van der Waals surface area contributed by atoms with Gasteiger partial charge in [0.1, 0.15) is 0 Å². The first-order valence-corrected chi connectivity index (χ1v) is 8.46. The van der Waals surface area contributed by atoms with Gasteiger partial charge in [-0.05, 0) is 46.5 Å². The first kappa shape index (κ1) is 18.7. The topological polar surface area (TPSA) is 86.3 Å². The lowest BCUT2D eigenvalue weighted by atomic mass is 10.1. The second kappa shape index (κ2) is 8.55. The van der Waals surface area contributed by atoms with Gasteiger partial charge in [0.05, 0.1) is 9.85 Å². The van der Waals surface area contributed by atoms with Crippen LogP contribution in [-0.2, 0) is 0 Å². The fourth-order valence-corrected chi connectivity index (χ4v) is 2.52. The maximum Gasteiger partial charge on any atom is 0.269 e. The lowest BCUT2D eigenvalue weighted by molar-refractivity contribution is -0.385. The summed E-state index contributed by atoms with van der Waals surface area (Å²) in [5, 5.41) is 21.3. The molecule has 6 nitrogen and oxygen atoms in total. The molecule has 28 heavy (non-hydrogen) atoms. The minimum atomic E-state index is -0.420. The maximum atomic E-state index is 10.7. The second-order valence-electron chi connectivity index (χ2n) is 6.03. The Kier molecular flexibility index (Phi) is 5.72. The van der Waals surface area contributed by atoms with Crippen molar-refractivity contribution >= 4 is 35.7 Å². The minimum Gasteiger partial charge on any atom is -0.258 e. The molecule has 0 N–H and O–H groups in total. The molecule has 0 aliphatic rings. The van der Waals surface area contributed by atoms with Crippen molar-refractivity contribution in [3.8, 4) is 0 Å². The van der Waals surface area contributed by atoms with Crippen LogP contribution < -0.4 is 0 Å². The summed E-state index contributed by atoms with van der Waals surface area (Å²) in [6.07, 6.45) is 7.66. The highest BCUT2D eigenvalue weighted by Gasteiger charge is 2.03. The Morgan fingerprint density at radius 1 is 0.464 bits per heavy atom. The van der Waals surface area contributed by atoms with Gasteiger partial charge in [-0.1, -0.05) is 48.6 Å². The molecule has 0 spiro atoms. The average molecular weight is 372 g/mol. The van der Waals surface area contributed by atoms with Crippen LogP contribution >= 0.6 is 0 Å². The van der Waals surface area contributed by atoms with E-state index in [1.807, 2.05) is 48.6 Å². The van der Waals surface area contributed by atoms with Gasteiger partial charge in [0.15, 0.2) is 0 Å². The molecule has 0 heterocycles. The van der Waals surface area contributed by atoms with Crippen LogP contribution in [0.15, 0.2) is 72.8 Å². The molecule has 6 heteroatoms. The molecule has 0 bridgehead atoms. The number of hydrogen-bond donors (Lipinski definition) is 0. The zero-order chi connectivity index (χ0) is 19.9. The normalized spacial score (nSPS) is 11.1. The lowest BCUT2D eigenvalue weighted by Crippen LogP contribution is -1.86. The molecule has 3 aromatic carbocycles. The molecule has 0 saturated heterocycles. The predicted molar refractivity (Wildman–Crippen MR) is 110 cm³/mol. The van der Waals surface area contributed by atoms with E-state index in [-0.39, 0.29) is 11.4 Å². The van der Waals surface area contributed by atoms with Crippen molar-refractivity contribution in [1.29, 1.82) is 0 Å². The van der Waals surface area contributed by atoms with E-state index in [4.69, 9.17) is 0 Å². The van der Waals surface area contributed by atoms with Crippen LogP contribution in [-0.4, -0.2) is 9.85 Å². The SMILES string of the molecule is O=[N+]([O-])c1ccc(C=Cc2ccc(C=Cc3ccc([N+](=O)[O-])cc3)cc2)cc1. The zero-order valence-electron chi connectivity index (χ0n) is 14.8. The van der Waals surface area contributed by atoms with E-state index in [0.717, 1.165) is 22.3 Å². The number of nitrogens with zero attached hydrogens (tertiary/aromatic N) is 2. The van der Waals surface area contributed by atoms with E-state index < -0.39 is 9.85 Å². The van der Waals surface area contributed by atoms with Gasteiger partial charge in [0, 0.05) is 24.3 Å². The summed E-state index contributed by atoms with van der Waals surface area (Å²) in [5.74, 6) is 0. The summed E-state index contributed by atoms with van der Waals surface area (Å²) in [7, 11) is 0. The Labute approximate surface area is 161 Å². The summed E-state index contributed by atoms with van der Waals surface area (Å²) in [5.41, 5.74) is 3.92. The molecule has 138 valence electrons. The quantitative estimate of drug-likeness (QED) is 0.309. The van der Waals surface area contributed by atoms with Crippen molar-refractivity contribution in [2.75, 3.05) is 0 Å². The molecule has 0 radical (unpaired) electrons. The van der Waals surface area contributed by atoms with Gasteiger partial charge in [-0.2, -0.15) is 0 Å². The molecule has 3 rings (SSSR count). The van der Waals surface area contributed by atoms with Gasteiger partial charge in [-0.15, -0.1) is 0 Å². The summed E-state index contributed by atoms with van der Waals surface area (Å²) in [6.45, 7) is 0. The van der Waals surface area contributed by atoms with E-state index in [1.54, 1.807) is 24.3 Å². The van der Waals surface area contributed by atoms with Crippen molar-refractivity contribution in [1.82, 2.24) is 0 Å². The van der Waals surface area contributed by atoms with Crippen molar-refractivity contribution in [3.63, 3.8) is 0 Å². The fourth-order valence-electron chi connectivity index (χ4n) is 2.52. The molecule has 0 atom stereocenters. The van der Waals surface area contributed by atoms with Gasteiger partial charge in [-0.3, -0.25) is 20.2 Å². The van der Waals surface area contributed by atoms with Crippen LogP contribution in [0.5, 0.6) is 0 Å². The third-order valence-electron chi connectivity index (χ3n) is 4.08. The summed E-state index contributed by atoms with van der Waals surface area (Å²) in [4.78, 5) is 20.5. The number of benzene rings is 3. The Balaban J connectivity index is 1.64. The van der Waals surface area contributed by atoms with Crippen LogP contribution in [0.25, 0.3) is 24.3 Å². The van der Waals surface area contributed by atoms with E-state index in [9.17, 15) is 20.2 Å². The molecule has 3 aromatic rings. The van der Waals surface area contributed by atoms with Gasteiger partial charge in [-0.25, -0.2) is 0 Å². The van der Waals surface area contributed by atoms with Crippen LogP contribution in [0.2, 0.25) is 0 Å². The molecule has 0 amide bonds. The fraction of sp³-hybridized carbons (Fsp3) is 0. The second-order valence-corrected chi connectivity index (χ2v) is 6.03. The number of rotatable bonds is 6. The zero-order valence-corrected chi connectivity index (χ0v) is 14.8. The van der Waals surface area contributed by atoms with Crippen LogP contribution in [0.1, 0.15) is 22.3 Å². The van der Waals surface area contributed by atoms with Crippen LogP contribution in [0.3, 0.4) is 0 Å². The molecule has 0 fully saturated rings. The molecule has 0 saturated carbocycles. The number of non-ortho nitro benzene ring substituents is 2. The molecule has 0 aliphatic heterocycles. The van der Waals surface area contributed by atoms with Gasteiger partial charge in [0.2, 0.25) is 0 Å². The van der Waals surface area contributed by atoms with Crippen molar-refractivity contribution in [2.24, 2.45) is 0 Å². The van der Waals surface area contributed by atoms with Crippen molar-refractivity contribution in [2.45, 2.75) is 0 Å². The Bertz CT molecular complexity index is 949. The van der Waals surface area contributed by atoms with Crippen LogP contribution in [0.4, 0.5) is 11.4 Å². The Hall–Kier alpha value is -4.06. The van der Waals surface area contributed by atoms with Crippen LogP contribution in [0, 0.1) is 20.2 Å². The first-order chi connectivity index (χ1) is 13.5. The monoisotopic (exact) mass is 372 g/mol. The number of nitro benzene ring substituents is 2. The highest BCUT2D eigenvalue weighted by atomic mass is 16.6. The van der Waals surface area contributed by atoms with Gasteiger partial charge < -0.3 is 0 Å². The standard InChI is InChI=1S/C22H16N2O4/c25-23(26)21-13-9-19(10-14-21)7-5-17-1-2-18(4-3-17)6-8-20-11-15-22(16-12-20)24(27)28/h1-16H. The smallest absolute Gasteiger partial charge is 0.258 e. The first-order valence-electron chi connectivity index (χ1n) is 8.46. The van der Waals surface area contributed by atoms with E-state index in [2.05, 4.69) is 0 Å². The van der Waals surface area contributed by atoms with Gasteiger partial charge >= 0.3 is 0 Å². The highest BCUT2D eigenvalue weighted by Crippen LogP contribution is 2.17. The third-order valence-corrected chi connectivity index (χ3v) is 4.08. The lowest BCUT2D eigenvalue weighted by Gasteiger charge is -1.98. The molecule has 0 aliphatic carbocycles. The van der Waals surface area contributed by atoms with Gasteiger partial charge in [0.25, 0.3) is 11.4 Å². The average Bonchev–Trinajstić information content (AvgIpc) is 2.72. The molecule has 0 unspecified atom stereocenters. The Morgan fingerprint density at radius 2 is 0.679 bits per heavy atom. The molecular weight excluding hydrogens is 356 g/mol. The largest absolute Gasteiger partial charge is 0.269 e. The van der Waals surface area contributed by atoms with E-state index in [1.165, 1.54) is 24.3 Å². The molecule has 0 aromatic heterocycles. The van der Waals surface area contributed by atoms with Crippen molar-refractivity contribution < 1.29 is 9.85 Å². The summed E-state index contributed by atoms with van der Waals surface area (Å²) in [6, 6.07) is 20.6. The number of nitro groups is 2. The number of hydrogen-bond acceptors (Lipinski definition) is 4. The third kappa shape index (κ3) is 4.98. The molecular formula is C22H16N2O4. The predicted octanol–water partition coefficient (Wildman–Crippen LogP) is 5.84. The summed E-state index contributed by atoms with van der Waals surface area (Å²) >= 11 is 0. The minimum absolute atomic E-state index is 0.0707. The van der Waals surface area contributed by atoms with E-state index in [0.29, 0.717) is 0 Å². The van der Waals surface area contributed by atoms with Crippen molar-refractivity contribution in [3.05, 3.63) is 115 Å². The highest BCUT2D eigenvalue weighted by molar-refractivity contribution is 5.73. The Morgan fingerprint density at radius 3 is 0.893 bits per heavy atom. The maximum absolute atomic E-state index is 10.7. The summed E-state index contributed by atoms with van der Waals surface area (Å²) < 4.78 is 0.